The molecule has 1 atom stereocenters. The maximum Gasteiger partial charge on any atom is 0.160 e. The summed E-state index contributed by atoms with van der Waals surface area (Å²) in [4.78, 5) is 17.1. The molecule has 0 fully saturated rings. The van der Waals surface area contributed by atoms with Crippen LogP contribution >= 0.6 is 0 Å². The number of aliphatic imine (C=N–C) groups is 2. The van der Waals surface area contributed by atoms with Gasteiger partial charge in [-0.2, -0.15) is 0 Å². The molecule has 7 aromatic rings. The van der Waals surface area contributed by atoms with Crippen LogP contribution in [0.1, 0.15) is 22.9 Å². The van der Waals surface area contributed by atoms with Crippen LogP contribution in [0.4, 0.5) is 0 Å². The van der Waals surface area contributed by atoms with E-state index >= 15 is 0 Å². The van der Waals surface area contributed by atoms with Gasteiger partial charge in [-0.15, -0.1) is 0 Å². The van der Waals surface area contributed by atoms with E-state index in [0.717, 1.165) is 66.4 Å². The topological polar surface area (TPSA) is 54.0 Å². The minimum atomic E-state index is -0.243. The first-order chi connectivity index (χ1) is 20.7. The van der Waals surface area contributed by atoms with E-state index in [1.807, 2.05) is 48.8 Å². The Balaban J connectivity index is 1.44. The number of fused-ring (bicyclic) bond motifs is 4. The van der Waals surface area contributed by atoms with Crippen LogP contribution in [0.3, 0.4) is 0 Å². The summed E-state index contributed by atoms with van der Waals surface area (Å²) in [5.74, 6) is 1.55. The predicted molar refractivity (Wildman–Crippen MR) is 171 cm³/mol. The Morgan fingerprint density at radius 2 is 1.38 bits per heavy atom. The molecule has 42 heavy (non-hydrogen) atoms. The highest BCUT2D eigenvalue weighted by atomic mass is 16.3. The molecule has 5 heteroatoms. The van der Waals surface area contributed by atoms with Crippen LogP contribution in [0.2, 0.25) is 0 Å². The second kappa shape index (κ2) is 9.82. The van der Waals surface area contributed by atoms with E-state index in [1.165, 1.54) is 0 Å². The molecule has 5 aromatic carbocycles. The van der Waals surface area contributed by atoms with Crippen molar-refractivity contribution < 1.29 is 4.42 Å². The Hall–Kier alpha value is -5.55. The molecule has 1 aliphatic heterocycles. The van der Waals surface area contributed by atoms with Crippen molar-refractivity contribution in [1.82, 2.24) is 9.88 Å². The van der Waals surface area contributed by atoms with Gasteiger partial charge in [0.1, 0.15) is 23.2 Å². The molecule has 0 aliphatic carbocycles. The lowest BCUT2D eigenvalue weighted by atomic mass is 9.97. The molecule has 0 N–H and O–H groups in total. The van der Waals surface area contributed by atoms with Crippen LogP contribution in [-0.4, -0.2) is 28.6 Å². The summed E-state index contributed by atoms with van der Waals surface area (Å²) in [5, 5.41) is 4.18. The van der Waals surface area contributed by atoms with Crippen molar-refractivity contribution in [3.8, 4) is 11.1 Å². The van der Waals surface area contributed by atoms with Crippen LogP contribution in [0.25, 0.3) is 43.8 Å². The highest BCUT2D eigenvalue weighted by Crippen LogP contribution is 2.39. The van der Waals surface area contributed by atoms with Gasteiger partial charge in [0, 0.05) is 46.7 Å². The van der Waals surface area contributed by atoms with Gasteiger partial charge in [-0.05, 0) is 52.4 Å². The molecule has 0 amide bonds. The standard InChI is InChI=1S/C37H26N4O/c1-41-36(25-13-7-3-8-14-25)39-35(40-37(41)26-15-9-4-10-16-26)31-19-28(24-11-5-2-6-12-24)22-33-34(31)30-20-29-23-38-18-17-27(29)21-32(30)42-33/h2-23,36H,1H3. The molecule has 0 saturated heterocycles. The highest BCUT2D eigenvalue weighted by molar-refractivity contribution is 6.23. The van der Waals surface area contributed by atoms with Crippen LogP contribution in [0.15, 0.2) is 148 Å². The first kappa shape index (κ1) is 24.3. The van der Waals surface area contributed by atoms with Crippen LogP contribution < -0.4 is 0 Å². The number of nitrogens with zero attached hydrogens (tertiary/aromatic N) is 4. The lowest BCUT2D eigenvalue weighted by Gasteiger charge is -2.32. The average Bonchev–Trinajstić information content (AvgIpc) is 3.42. The molecular formula is C37H26N4O. The molecule has 3 heterocycles. The van der Waals surface area contributed by atoms with Gasteiger partial charge in [0.25, 0.3) is 0 Å². The molecule has 0 radical (unpaired) electrons. The number of hydrogen-bond acceptors (Lipinski definition) is 5. The maximum absolute atomic E-state index is 6.56. The molecule has 2 aromatic heterocycles. The molecule has 0 bridgehead atoms. The molecule has 1 unspecified atom stereocenters. The summed E-state index contributed by atoms with van der Waals surface area (Å²) < 4.78 is 6.56. The first-order valence-corrected chi connectivity index (χ1v) is 14.0. The van der Waals surface area contributed by atoms with E-state index in [4.69, 9.17) is 14.4 Å². The number of furan rings is 1. The zero-order valence-corrected chi connectivity index (χ0v) is 23.0. The zero-order valence-electron chi connectivity index (χ0n) is 23.0. The van der Waals surface area contributed by atoms with Gasteiger partial charge >= 0.3 is 0 Å². The average molecular weight is 543 g/mol. The van der Waals surface area contributed by atoms with E-state index in [9.17, 15) is 0 Å². The minimum Gasteiger partial charge on any atom is -0.456 e. The van der Waals surface area contributed by atoms with Gasteiger partial charge < -0.3 is 9.32 Å². The molecule has 8 rings (SSSR count). The van der Waals surface area contributed by atoms with E-state index in [0.29, 0.717) is 5.84 Å². The molecule has 0 spiro atoms. The summed E-state index contributed by atoms with van der Waals surface area (Å²) in [6.45, 7) is 0. The molecule has 0 saturated carbocycles. The fourth-order valence-corrected chi connectivity index (χ4v) is 5.90. The normalized spacial score (nSPS) is 15.3. The van der Waals surface area contributed by atoms with Crippen LogP contribution in [0, 0.1) is 0 Å². The Labute approximate surface area is 243 Å². The third-order valence-electron chi connectivity index (χ3n) is 7.97. The minimum absolute atomic E-state index is 0.243. The fourth-order valence-electron chi connectivity index (χ4n) is 5.90. The Morgan fingerprint density at radius 1 is 0.667 bits per heavy atom. The van der Waals surface area contributed by atoms with E-state index < -0.39 is 0 Å². The van der Waals surface area contributed by atoms with Gasteiger partial charge in [-0.3, -0.25) is 4.98 Å². The monoisotopic (exact) mass is 542 g/mol. The molecule has 1 aliphatic rings. The summed E-state index contributed by atoms with van der Waals surface area (Å²) in [6, 6.07) is 41.7. The van der Waals surface area contributed by atoms with Gasteiger partial charge in [-0.1, -0.05) is 91.0 Å². The van der Waals surface area contributed by atoms with Crippen molar-refractivity contribution in [2.45, 2.75) is 6.17 Å². The molecule has 5 nitrogen and oxygen atoms in total. The number of rotatable bonds is 4. The van der Waals surface area contributed by atoms with E-state index in [2.05, 4.69) is 102 Å². The number of aromatic nitrogens is 1. The summed E-state index contributed by atoms with van der Waals surface area (Å²) in [7, 11) is 2.06. The van der Waals surface area contributed by atoms with Crippen LogP contribution in [0.5, 0.6) is 0 Å². The number of amidine groups is 2. The van der Waals surface area contributed by atoms with E-state index in [-0.39, 0.29) is 6.17 Å². The van der Waals surface area contributed by atoms with Gasteiger partial charge in [0.05, 0.1) is 0 Å². The van der Waals surface area contributed by atoms with E-state index in [1.54, 1.807) is 0 Å². The second-order valence-corrected chi connectivity index (χ2v) is 10.6. The smallest absolute Gasteiger partial charge is 0.160 e. The molecular weight excluding hydrogens is 516 g/mol. The summed E-state index contributed by atoms with van der Waals surface area (Å²) in [5.41, 5.74) is 6.88. The largest absolute Gasteiger partial charge is 0.456 e. The Kier molecular flexibility index (Phi) is 5.67. The number of pyridine rings is 1. The van der Waals surface area contributed by atoms with Crippen molar-refractivity contribution >= 4 is 44.4 Å². The lowest BCUT2D eigenvalue weighted by Crippen LogP contribution is -2.35. The molecule has 200 valence electrons. The predicted octanol–water partition coefficient (Wildman–Crippen LogP) is 8.64. The first-order valence-electron chi connectivity index (χ1n) is 14.0. The van der Waals surface area contributed by atoms with Crippen molar-refractivity contribution in [3.05, 3.63) is 150 Å². The van der Waals surface area contributed by atoms with Crippen LogP contribution in [-0.2, 0) is 0 Å². The van der Waals surface area contributed by atoms with Crippen molar-refractivity contribution in [1.29, 1.82) is 0 Å². The number of hydrogen-bond donors (Lipinski definition) is 0. The maximum atomic E-state index is 6.56. The van der Waals surface area contributed by atoms with Gasteiger partial charge in [0.15, 0.2) is 5.84 Å². The second-order valence-electron chi connectivity index (χ2n) is 10.6. The third kappa shape index (κ3) is 4.06. The van der Waals surface area contributed by atoms with Gasteiger partial charge in [-0.25, -0.2) is 9.98 Å². The Bertz CT molecular complexity index is 2150. The highest BCUT2D eigenvalue weighted by Gasteiger charge is 2.28. The van der Waals surface area contributed by atoms with Crippen molar-refractivity contribution in [2.24, 2.45) is 9.98 Å². The van der Waals surface area contributed by atoms with Crippen molar-refractivity contribution in [2.75, 3.05) is 7.05 Å². The summed E-state index contributed by atoms with van der Waals surface area (Å²) >= 11 is 0. The Morgan fingerprint density at radius 3 is 2.14 bits per heavy atom. The quantitative estimate of drug-likeness (QED) is 0.224. The lowest BCUT2D eigenvalue weighted by molar-refractivity contribution is 0.383. The number of benzene rings is 5. The third-order valence-corrected chi connectivity index (χ3v) is 7.97. The van der Waals surface area contributed by atoms with Gasteiger partial charge in [0.2, 0.25) is 0 Å². The van der Waals surface area contributed by atoms with Crippen molar-refractivity contribution in [3.63, 3.8) is 0 Å². The zero-order chi connectivity index (χ0) is 28.0. The SMILES string of the molecule is CN1C(c2ccccc2)=NC(c2cc(-c3ccccc3)cc3oc4cc5ccncc5cc4c23)=NC1c1ccccc1. The fraction of sp³-hybridized carbons (Fsp3) is 0.0541. The summed E-state index contributed by atoms with van der Waals surface area (Å²) in [6.07, 6.45) is 3.47.